The SMILES string of the molecule is CCCCN(C)c1cnc(C(=O)Nc2cccc(OC)c2)cn1. The van der Waals surface area contributed by atoms with E-state index in [0.717, 1.165) is 25.2 Å². The second-order valence-electron chi connectivity index (χ2n) is 5.22. The van der Waals surface area contributed by atoms with Crippen LogP contribution in [0.5, 0.6) is 5.75 Å². The molecule has 0 spiro atoms. The van der Waals surface area contributed by atoms with Gasteiger partial charge in [-0.3, -0.25) is 4.79 Å². The summed E-state index contributed by atoms with van der Waals surface area (Å²) >= 11 is 0. The summed E-state index contributed by atoms with van der Waals surface area (Å²) in [5, 5.41) is 2.78. The number of aromatic nitrogens is 2. The van der Waals surface area contributed by atoms with Crippen molar-refractivity contribution in [1.29, 1.82) is 0 Å². The zero-order valence-electron chi connectivity index (χ0n) is 13.7. The van der Waals surface area contributed by atoms with Crippen LogP contribution in [-0.4, -0.2) is 36.6 Å². The van der Waals surface area contributed by atoms with Crippen molar-refractivity contribution in [3.63, 3.8) is 0 Å². The van der Waals surface area contributed by atoms with Crippen molar-refractivity contribution in [3.8, 4) is 5.75 Å². The fourth-order valence-corrected chi connectivity index (χ4v) is 2.04. The minimum Gasteiger partial charge on any atom is -0.497 e. The lowest BCUT2D eigenvalue weighted by Crippen LogP contribution is -2.21. The highest BCUT2D eigenvalue weighted by Gasteiger charge is 2.10. The molecule has 1 amide bonds. The first-order chi connectivity index (χ1) is 11.1. The molecule has 1 N–H and O–H groups in total. The van der Waals surface area contributed by atoms with Crippen LogP contribution >= 0.6 is 0 Å². The molecule has 0 saturated carbocycles. The molecule has 1 heterocycles. The number of carbonyl (C=O) groups excluding carboxylic acids is 1. The van der Waals surface area contributed by atoms with Gasteiger partial charge < -0.3 is 15.0 Å². The summed E-state index contributed by atoms with van der Waals surface area (Å²) < 4.78 is 5.13. The van der Waals surface area contributed by atoms with E-state index in [0.29, 0.717) is 11.4 Å². The normalized spacial score (nSPS) is 10.2. The number of carbonyl (C=O) groups is 1. The highest BCUT2D eigenvalue weighted by Crippen LogP contribution is 2.17. The molecule has 6 heteroatoms. The fourth-order valence-electron chi connectivity index (χ4n) is 2.04. The summed E-state index contributed by atoms with van der Waals surface area (Å²) in [7, 11) is 3.55. The molecule has 0 radical (unpaired) electrons. The number of unbranched alkanes of at least 4 members (excludes halogenated alkanes) is 1. The van der Waals surface area contributed by atoms with E-state index in [2.05, 4.69) is 22.2 Å². The van der Waals surface area contributed by atoms with Gasteiger partial charge in [0.15, 0.2) is 0 Å². The molecule has 0 aliphatic carbocycles. The molecular formula is C17H22N4O2. The minimum atomic E-state index is -0.298. The van der Waals surface area contributed by atoms with Crippen LogP contribution in [0.4, 0.5) is 11.5 Å². The topological polar surface area (TPSA) is 67.4 Å². The van der Waals surface area contributed by atoms with Crippen molar-refractivity contribution in [2.45, 2.75) is 19.8 Å². The van der Waals surface area contributed by atoms with Gasteiger partial charge in [-0.1, -0.05) is 19.4 Å². The molecule has 122 valence electrons. The predicted octanol–water partition coefficient (Wildman–Crippen LogP) is 2.97. The Kier molecular flexibility index (Phi) is 5.91. The smallest absolute Gasteiger partial charge is 0.275 e. The van der Waals surface area contributed by atoms with Crippen LogP contribution in [0.15, 0.2) is 36.7 Å². The lowest BCUT2D eigenvalue weighted by Gasteiger charge is -2.17. The Labute approximate surface area is 136 Å². The van der Waals surface area contributed by atoms with Gasteiger partial charge in [-0.2, -0.15) is 0 Å². The first kappa shape index (κ1) is 16.7. The van der Waals surface area contributed by atoms with E-state index in [1.54, 1.807) is 25.4 Å². The molecule has 0 bridgehead atoms. The molecule has 0 unspecified atom stereocenters. The Morgan fingerprint density at radius 2 is 2.13 bits per heavy atom. The average Bonchev–Trinajstić information content (AvgIpc) is 2.60. The summed E-state index contributed by atoms with van der Waals surface area (Å²) in [6, 6.07) is 7.17. The molecule has 2 rings (SSSR count). The second kappa shape index (κ2) is 8.12. The zero-order valence-corrected chi connectivity index (χ0v) is 13.7. The van der Waals surface area contributed by atoms with Crippen LogP contribution in [0.3, 0.4) is 0 Å². The van der Waals surface area contributed by atoms with Crippen molar-refractivity contribution in [2.24, 2.45) is 0 Å². The van der Waals surface area contributed by atoms with Gasteiger partial charge >= 0.3 is 0 Å². The number of hydrogen-bond donors (Lipinski definition) is 1. The third-order valence-electron chi connectivity index (χ3n) is 3.44. The number of nitrogens with one attached hydrogen (secondary N) is 1. The van der Waals surface area contributed by atoms with E-state index in [1.807, 2.05) is 24.1 Å². The summed E-state index contributed by atoms with van der Waals surface area (Å²) in [6.45, 7) is 3.06. The molecule has 6 nitrogen and oxygen atoms in total. The number of anilines is 2. The van der Waals surface area contributed by atoms with Gasteiger partial charge in [0.25, 0.3) is 5.91 Å². The van der Waals surface area contributed by atoms with Gasteiger partial charge in [-0.05, 0) is 18.6 Å². The lowest BCUT2D eigenvalue weighted by atomic mass is 10.3. The zero-order chi connectivity index (χ0) is 16.7. The van der Waals surface area contributed by atoms with Crippen molar-refractivity contribution in [1.82, 2.24) is 9.97 Å². The molecule has 23 heavy (non-hydrogen) atoms. The number of benzene rings is 1. The predicted molar refractivity (Wildman–Crippen MR) is 91.2 cm³/mol. The highest BCUT2D eigenvalue weighted by atomic mass is 16.5. The molecule has 0 saturated heterocycles. The number of amides is 1. The molecule has 0 fully saturated rings. The number of methoxy groups -OCH3 is 1. The van der Waals surface area contributed by atoms with Gasteiger partial charge in [-0.25, -0.2) is 9.97 Å². The van der Waals surface area contributed by atoms with Crippen molar-refractivity contribution < 1.29 is 9.53 Å². The maximum Gasteiger partial charge on any atom is 0.275 e. The van der Waals surface area contributed by atoms with Crippen LogP contribution in [-0.2, 0) is 0 Å². The largest absolute Gasteiger partial charge is 0.497 e. The molecular weight excluding hydrogens is 292 g/mol. The van der Waals surface area contributed by atoms with Crippen molar-refractivity contribution >= 4 is 17.4 Å². The van der Waals surface area contributed by atoms with Crippen LogP contribution < -0.4 is 15.0 Å². The summed E-state index contributed by atoms with van der Waals surface area (Å²) in [4.78, 5) is 22.7. The number of rotatable bonds is 7. The van der Waals surface area contributed by atoms with Crippen molar-refractivity contribution in [3.05, 3.63) is 42.4 Å². The fraction of sp³-hybridized carbons (Fsp3) is 0.353. The van der Waals surface area contributed by atoms with Gasteiger partial charge in [0.1, 0.15) is 17.3 Å². The average molecular weight is 314 g/mol. The third-order valence-corrected chi connectivity index (χ3v) is 3.44. The van der Waals surface area contributed by atoms with Gasteiger partial charge in [0.2, 0.25) is 0 Å². The van der Waals surface area contributed by atoms with Crippen LogP contribution in [0.1, 0.15) is 30.3 Å². The minimum absolute atomic E-state index is 0.278. The van der Waals surface area contributed by atoms with Crippen molar-refractivity contribution in [2.75, 3.05) is 30.9 Å². The number of hydrogen-bond acceptors (Lipinski definition) is 5. The number of nitrogens with zero attached hydrogens (tertiary/aromatic N) is 3. The van der Waals surface area contributed by atoms with E-state index in [9.17, 15) is 4.79 Å². The summed E-state index contributed by atoms with van der Waals surface area (Å²) in [5.74, 6) is 1.15. The molecule has 0 aliphatic heterocycles. The quantitative estimate of drug-likeness (QED) is 0.851. The number of ether oxygens (including phenoxy) is 1. The molecule has 1 aromatic carbocycles. The summed E-state index contributed by atoms with van der Waals surface area (Å²) in [5.41, 5.74) is 0.931. The Hall–Kier alpha value is -2.63. The summed E-state index contributed by atoms with van der Waals surface area (Å²) in [6.07, 6.45) is 5.33. The van der Waals surface area contributed by atoms with E-state index in [-0.39, 0.29) is 11.6 Å². The van der Waals surface area contributed by atoms with Gasteiger partial charge in [0.05, 0.1) is 19.5 Å². The lowest BCUT2D eigenvalue weighted by molar-refractivity contribution is 0.102. The molecule has 0 atom stereocenters. The second-order valence-corrected chi connectivity index (χ2v) is 5.22. The Bertz CT molecular complexity index is 643. The highest BCUT2D eigenvalue weighted by molar-refractivity contribution is 6.02. The third kappa shape index (κ3) is 4.67. The van der Waals surface area contributed by atoms with Crippen LogP contribution in [0.25, 0.3) is 0 Å². The standard InChI is InChI=1S/C17H22N4O2/c1-4-5-9-21(2)16-12-18-15(11-19-16)17(22)20-13-7-6-8-14(10-13)23-3/h6-8,10-12H,4-5,9H2,1-3H3,(H,20,22). The van der Waals surface area contributed by atoms with Gasteiger partial charge in [0, 0.05) is 25.3 Å². The van der Waals surface area contributed by atoms with E-state index < -0.39 is 0 Å². The van der Waals surface area contributed by atoms with Crippen LogP contribution in [0, 0.1) is 0 Å². The molecule has 1 aromatic heterocycles. The Morgan fingerprint density at radius 1 is 1.30 bits per heavy atom. The van der Waals surface area contributed by atoms with E-state index in [1.165, 1.54) is 6.20 Å². The monoisotopic (exact) mass is 314 g/mol. The maximum atomic E-state index is 12.2. The Morgan fingerprint density at radius 3 is 2.78 bits per heavy atom. The maximum absolute atomic E-state index is 12.2. The first-order valence-electron chi connectivity index (χ1n) is 7.62. The van der Waals surface area contributed by atoms with E-state index in [4.69, 9.17) is 4.74 Å². The Balaban J connectivity index is 2.02. The van der Waals surface area contributed by atoms with Crippen LogP contribution in [0.2, 0.25) is 0 Å². The van der Waals surface area contributed by atoms with E-state index >= 15 is 0 Å². The molecule has 2 aromatic rings. The first-order valence-corrected chi connectivity index (χ1v) is 7.62. The van der Waals surface area contributed by atoms with Gasteiger partial charge in [-0.15, -0.1) is 0 Å². The molecule has 0 aliphatic rings.